The summed E-state index contributed by atoms with van der Waals surface area (Å²) in [6.45, 7) is 0. The molecule has 0 spiro atoms. The highest BCUT2D eigenvalue weighted by Crippen LogP contribution is 2.14. The summed E-state index contributed by atoms with van der Waals surface area (Å²) in [6, 6.07) is 9.74. The fourth-order valence-electron chi connectivity index (χ4n) is 1.12. The highest BCUT2D eigenvalue weighted by atomic mass is 79.9. The molecule has 0 amide bonds. The van der Waals surface area contributed by atoms with Crippen molar-refractivity contribution in [1.82, 2.24) is 9.19 Å². The minimum atomic E-state index is -3.54. The molecule has 1 aromatic heterocycles. The van der Waals surface area contributed by atoms with E-state index in [4.69, 9.17) is 0 Å². The standard InChI is InChI=1S/C9H7BrN2O2S/c10-9-6-7-12(11-9)15(13,14)8-4-2-1-3-5-8/h1-7H. The summed E-state index contributed by atoms with van der Waals surface area (Å²) in [6.07, 6.45) is 1.40. The number of rotatable bonds is 2. The summed E-state index contributed by atoms with van der Waals surface area (Å²) in [4.78, 5) is 0.223. The molecule has 1 aromatic carbocycles. The number of nitrogens with zero attached hydrogens (tertiary/aromatic N) is 2. The van der Waals surface area contributed by atoms with E-state index in [1.165, 1.54) is 18.3 Å². The molecule has 0 N–H and O–H groups in total. The lowest BCUT2D eigenvalue weighted by atomic mass is 10.4. The van der Waals surface area contributed by atoms with Gasteiger partial charge in [-0.25, -0.2) is 0 Å². The Labute approximate surface area is 95.7 Å². The van der Waals surface area contributed by atoms with Crippen LogP contribution in [0.3, 0.4) is 0 Å². The van der Waals surface area contributed by atoms with Crippen molar-refractivity contribution in [3.05, 3.63) is 47.2 Å². The Balaban J connectivity index is 2.54. The van der Waals surface area contributed by atoms with Crippen LogP contribution in [0.2, 0.25) is 0 Å². The van der Waals surface area contributed by atoms with E-state index in [2.05, 4.69) is 21.0 Å². The van der Waals surface area contributed by atoms with Gasteiger partial charge < -0.3 is 0 Å². The van der Waals surface area contributed by atoms with Crippen molar-refractivity contribution in [2.75, 3.05) is 0 Å². The van der Waals surface area contributed by atoms with E-state index in [0.717, 1.165) is 4.09 Å². The Morgan fingerprint density at radius 2 is 1.80 bits per heavy atom. The van der Waals surface area contributed by atoms with Crippen LogP contribution in [-0.2, 0) is 10.0 Å². The molecule has 0 saturated carbocycles. The van der Waals surface area contributed by atoms with Crippen LogP contribution in [0.15, 0.2) is 52.1 Å². The second-order valence-corrected chi connectivity index (χ2v) is 5.44. The van der Waals surface area contributed by atoms with Crippen LogP contribution < -0.4 is 0 Å². The molecule has 2 rings (SSSR count). The monoisotopic (exact) mass is 286 g/mol. The lowest BCUT2D eigenvalue weighted by Gasteiger charge is -2.02. The summed E-state index contributed by atoms with van der Waals surface area (Å²) in [5.41, 5.74) is 0. The maximum Gasteiger partial charge on any atom is 0.282 e. The molecule has 0 radical (unpaired) electrons. The van der Waals surface area contributed by atoms with Crippen LogP contribution in [0.1, 0.15) is 0 Å². The first-order chi connectivity index (χ1) is 7.10. The second-order valence-electron chi connectivity index (χ2n) is 2.83. The summed E-state index contributed by atoms with van der Waals surface area (Å²) >= 11 is 3.10. The summed E-state index contributed by atoms with van der Waals surface area (Å²) in [7, 11) is -3.54. The Bertz CT molecular complexity index is 563. The average Bonchev–Trinajstić information content (AvgIpc) is 2.67. The molecule has 0 aliphatic rings. The molecule has 15 heavy (non-hydrogen) atoms. The van der Waals surface area contributed by atoms with E-state index >= 15 is 0 Å². The van der Waals surface area contributed by atoms with Gasteiger partial charge in [0.2, 0.25) is 0 Å². The molecule has 0 bridgehead atoms. The van der Waals surface area contributed by atoms with Gasteiger partial charge in [-0.05, 0) is 34.1 Å². The van der Waals surface area contributed by atoms with Crippen LogP contribution in [0.5, 0.6) is 0 Å². The fourth-order valence-corrected chi connectivity index (χ4v) is 2.65. The largest absolute Gasteiger partial charge is 0.282 e. The van der Waals surface area contributed by atoms with Gasteiger partial charge in [-0.3, -0.25) is 0 Å². The predicted octanol–water partition coefficient (Wildman–Crippen LogP) is 1.88. The summed E-state index contributed by atoms with van der Waals surface area (Å²) in [5.74, 6) is 0. The van der Waals surface area contributed by atoms with Crippen molar-refractivity contribution in [1.29, 1.82) is 0 Å². The maximum absolute atomic E-state index is 11.9. The molecule has 0 unspecified atom stereocenters. The van der Waals surface area contributed by atoms with Crippen molar-refractivity contribution in [2.24, 2.45) is 0 Å². The fraction of sp³-hybridized carbons (Fsp3) is 0. The van der Waals surface area contributed by atoms with Gasteiger partial charge in [0.25, 0.3) is 10.0 Å². The first-order valence-corrected chi connectivity index (χ1v) is 6.36. The average molecular weight is 287 g/mol. The zero-order chi connectivity index (χ0) is 10.9. The number of hydrogen-bond acceptors (Lipinski definition) is 3. The molecule has 0 atom stereocenters. The lowest BCUT2D eigenvalue weighted by molar-refractivity contribution is 0.579. The van der Waals surface area contributed by atoms with Gasteiger partial charge in [0.05, 0.1) is 4.90 Å². The Morgan fingerprint density at radius 1 is 1.13 bits per heavy atom. The van der Waals surface area contributed by atoms with Gasteiger partial charge in [-0.15, -0.1) is 0 Å². The van der Waals surface area contributed by atoms with E-state index in [1.807, 2.05) is 0 Å². The SMILES string of the molecule is O=S(=O)(c1ccccc1)n1ccc(Br)n1. The van der Waals surface area contributed by atoms with Gasteiger partial charge in [0.1, 0.15) is 4.60 Å². The summed E-state index contributed by atoms with van der Waals surface area (Å²) in [5, 5.41) is 3.80. The maximum atomic E-state index is 11.9. The molecule has 78 valence electrons. The van der Waals surface area contributed by atoms with Crippen molar-refractivity contribution < 1.29 is 8.42 Å². The topological polar surface area (TPSA) is 52.0 Å². The Morgan fingerprint density at radius 3 is 2.33 bits per heavy atom. The normalized spacial score (nSPS) is 11.5. The van der Waals surface area contributed by atoms with Crippen LogP contribution in [-0.4, -0.2) is 17.6 Å². The van der Waals surface area contributed by atoms with Crippen LogP contribution in [0.4, 0.5) is 0 Å². The zero-order valence-corrected chi connectivity index (χ0v) is 9.94. The first kappa shape index (κ1) is 10.4. The van der Waals surface area contributed by atoms with E-state index in [1.54, 1.807) is 24.3 Å². The number of benzene rings is 1. The van der Waals surface area contributed by atoms with Crippen LogP contribution in [0.25, 0.3) is 0 Å². The number of halogens is 1. The third-order valence-electron chi connectivity index (χ3n) is 1.82. The minimum absolute atomic E-state index is 0.223. The molecule has 0 aliphatic carbocycles. The van der Waals surface area contributed by atoms with E-state index in [9.17, 15) is 8.42 Å². The molecule has 6 heteroatoms. The predicted molar refractivity (Wildman–Crippen MR) is 59.0 cm³/mol. The Hall–Kier alpha value is -1.14. The van der Waals surface area contributed by atoms with Gasteiger partial charge >= 0.3 is 0 Å². The first-order valence-electron chi connectivity index (χ1n) is 4.12. The summed E-state index contributed by atoms with van der Waals surface area (Å²) < 4.78 is 25.3. The van der Waals surface area contributed by atoms with Crippen molar-refractivity contribution in [3.8, 4) is 0 Å². The molecule has 0 fully saturated rings. The molecule has 0 saturated heterocycles. The van der Waals surface area contributed by atoms with Crippen molar-refractivity contribution >= 4 is 26.0 Å². The zero-order valence-electron chi connectivity index (χ0n) is 7.54. The third-order valence-corrected chi connectivity index (χ3v) is 3.81. The Kier molecular flexibility index (Phi) is 2.62. The molecule has 0 aliphatic heterocycles. The molecule has 1 heterocycles. The van der Waals surface area contributed by atoms with E-state index in [0.29, 0.717) is 4.60 Å². The van der Waals surface area contributed by atoms with Crippen molar-refractivity contribution in [2.45, 2.75) is 4.90 Å². The number of aromatic nitrogens is 2. The molecular formula is C9H7BrN2O2S. The molecule has 4 nitrogen and oxygen atoms in total. The van der Waals surface area contributed by atoms with Gasteiger partial charge in [-0.1, -0.05) is 18.2 Å². The third kappa shape index (κ3) is 1.95. The smallest absolute Gasteiger partial charge is 0.199 e. The quantitative estimate of drug-likeness (QED) is 0.847. The van der Waals surface area contributed by atoms with Crippen molar-refractivity contribution in [3.63, 3.8) is 0 Å². The van der Waals surface area contributed by atoms with Gasteiger partial charge in [0, 0.05) is 6.20 Å². The minimum Gasteiger partial charge on any atom is -0.199 e. The highest BCUT2D eigenvalue weighted by Gasteiger charge is 2.16. The van der Waals surface area contributed by atoms with Gasteiger partial charge in [0.15, 0.2) is 0 Å². The van der Waals surface area contributed by atoms with Gasteiger partial charge in [-0.2, -0.15) is 17.6 Å². The molecular weight excluding hydrogens is 280 g/mol. The van der Waals surface area contributed by atoms with E-state index in [-0.39, 0.29) is 4.90 Å². The van der Waals surface area contributed by atoms with Crippen LogP contribution >= 0.6 is 15.9 Å². The second kappa shape index (κ2) is 3.79. The van der Waals surface area contributed by atoms with Crippen LogP contribution in [0, 0.1) is 0 Å². The van der Waals surface area contributed by atoms with E-state index < -0.39 is 10.0 Å². The highest BCUT2D eigenvalue weighted by molar-refractivity contribution is 9.10. The number of hydrogen-bond donors (Lipinski definition) is 0. The molecule has 2 aromatic rings. The lowest BCUT2D eigenvalue weighted by Crippen LogP contribution is -2.13.